The average molecular weight is 378 g/mol. The van der Waals surface area contributed by atoms with Crippen LogP contribution in [0.3, 0.4) is 0 Å². The van der Waals surface area contributed by atoms with E-state index in [4.69, 9.17) is 0 Å². The SMILES string of the molecule is CCC(C)N(c1ccccc1)c1ccc(-c2ccccc2)cc1-c1ccccc1. The summed E-state index contributed by atoms with van der Waals surface area (Å²) >= 11 is 0. The predicted octanol–water partition coefficient (Wildman–Crippen LogP) is 7.96. The van der Waals surface area contributed by atoms with Crippen molar-refractivity contribution in [1.82, 2.24) is 0 Å². The largest absolute Gasteiger partial charge is 0.338 e. The second-order valence-electron chi connectivity index (χ2n) is 7.43. The molecule has 0 saturated heterocycles. The molecular weight excluding hydrogens is 350 g/mol. The topological polar surface area (TPSA) is 3.24 Å². The van der Waals surface area contributed by atoms with Crippen LogP contribution in [0.1, 0.15) is 20.3 Å². The van der Waals surface area contributed by atoms with E-state index in [0.29, 0.717) is 6.04 Å². The van der Waals surface area contributed by atoms with Gasteiger partial charge in [-0.25, -0.2) is 0 Å². The van der Waals surface area contributed by atoms with Crippen LogP contribution in [0.25, 0.3) is 22.3 Å². The van der Waals surface area contributed by atoms with Gasteiger partial charge in [0.2, 0.25) is 0 Å². The molecule has 0 aliphatic carbocycles. The molecular formula is C28H27N. The second kappa shape index (κ2) is 8.79. The van der Waals surface area contributed by atoms with Gasteiger partial charge in [0.1, 0.15) is 0 Å². The van der Waals surface area contributed by atoms with Crippen LogP contribution in [-0.2, 0) is 0 Å². The summed E-state index contributed by atoms with van der Waals surface area (Å²) in [4.78, 5) is 2.47. The number of hydrogen-bond acceptors (Lipinski definition) is 1. The molecule has 1 unspecified atom stereocenters. The fourth-order valence-electron chi connectivity index (χ4n) is 3.81. The first-order valence-electron chi connectivity index (χ1n) is 10.4. The fraction of sp³-hybridized carbons (Fsp3) is 0.143. The van der Waals surface area contributed by atoms with Gasteiger partial charge in [-0.3, -0.25) is 0 Å². The molecule has 0 saturated carbocycles. The molecule has 1 atom stereocenters. The average Bonchev–Trinajstić information content (AvgIpc) is 2.81. The van der Waals surface area contributed by atoms with Crippen LogP contribution in [0, 0.1) is 0 Å². The number of benzene rings is 4. The van der Waals surface area contributed by atoms with E-state index in [0.717, 1.165) is 6.42 Å². The molecule has 29 heavy (non-hydrogen) atoms. The number of nitrogens with zero attached hydrogens (tertiary/aromatic N) is 1. The van der Waals surface area contributed by atoms with Gasteiger partial charge in [-0.1, -0.05) is 91.9 Å². The van der Waals surface area contributed by atoms with Crippen molar-refractivity contribution in [2.24, 2.45) is 0 Å². The normalized spacial score (nSPS) is 11.8. The number of hydrogen-bond donors (Lipinski definition) is 0. The third-order valence-corrected chi connectivity index (χ3v) is 5.51. The third kappa shape index (κ3) is 4.09. The zero-order valence-corrected chi connectivity index (χ0v) is 17.1. The fourth-order valence-corrected chi connectivity index (χ4v) is 3.81. The highest BCUT2D eigenvalue weighted by Gasteiger charge is 2.19. The molecule has 0 aliphatic rings. The Morgan fingerprint density at radius 2 is 1.17 bits per heavy atom. The van der Waals surface area contributed by atoms with Crippen molar-refractivity contribution in [3.8, 4) is 22.3 Å². The van der Waals surface area contributed by atoms with E-state index < -0.39 is 0 Å². The van der Waals surface area contributed by atoms with Crippen LogP contribution >= 0.6 is 0 Å². The van der Waals surface area contributed by atoms with Gasteiger partial charge in [0.15, 0.2) is 0 Å². The Morgan fingerprint density at radius 1 is 0.621 bits per heavy atom. The van der Waals surface area contributed by atoms with Crippen LogP contribution in [-0.4, -0.2) is 6.04 Å². The Hall–Kier alpha value is -3.32. The molecule has 0 spiro atoms. The van der Waals surface area contributed by atoms with E-state index >= 15 is 0 Å². The second-order valence-corrected chi connectivity index (χ2v) is 7.43. The van der Waals surface area contributed by atoms with Gasteiger partial charge in [-0.15, -0.1) is 0 Å². The lowest BCUT2D eigenvalue weighted by molar-refractivity contribution is 0.688. The molecule has 1 heteroatoms. The first-order chi connectivity index (χ1) is 14.3. The van der Waals surface area contributed by atoms with E-state index in [2.05, 4.69) is 128 Å². The molecule has 4 aromatic rings. The number of para-hydroxylation sites is 1. The number of anilines is 2. The van der Waals surface area contributed by atoms with E-state index in [1.807, 2.05) is 0 Å². The van der Waals surface area contributed by atoms with Crippen LogP contribution in [0.5, 0.6) is 0 Å². The molecule has 0 radical (unpaired) electrons. The maximum absolute atomic E-state index is 2.47. The molecule has 0 amide bonds. The minimum Gasteiger partial charge on any atom is -0.338 e. The van der Waals surface area contributed by atoms with Crippen LogP contribution in [0.15, 0.2) is 109 Å². The van der Waals surface area contributed by atoms with Crippen molar-refractivity contribution in [1.29, 1.82) is 0 Å². The van der Waals surface area contributed by atoms with Crippen molar-refractivity contribution < 1.29 is 0 Å². The molecule has 0 bridgehead atoms. The molecule has 0 aromatic heterocycles. The van der Waals surface area contributed by atoms with E-state index in [-0.39, 0.29) is 0 Å². The Labute approximate surface area is 174 Å². The molecule has 0 heterocycles. The van der Waals surface area contributed by atoms with Crippen LogP contribution in [0.2, 0.25) is 0 Å². The van der Waals surface area contributed by atoms with E-state index in [1.54, 1.807) is 0 Å². The van der Waals surface area contributed by atoms with Gasteiger partial charge >= 0.3 is 0 Å². The first-order valence-corrected chi connectivity index (χ1v) is 10.4. The van der Waals surface area contributed by atoms with Crippen molar-refractivity contribution in [3.63, 3.8) is 0 Å². The summed E-state index contributed by atoms with van der Waals surface area (Å²) in [6, 6.07) is 39.3. The first kappa shape index (κ1) is 19.0. The summed E-state index contributed by atoms with van der Waals surface area (Å²) in [6.45, 7) is 4.55. The summed E-state index contributed by atoms with van der Waals surface area (Å²) in [6.07, 6.45) is 1.07. The van der Waals surface area contributed by atoms with Gasteiger partial charge in [0.25, 0.3) is 0 Å². The van der Waals surface area contributed by atoms with Gasteiger partial charge in [-0.2, -0.15) is 0 Å². The molecule has 1 nitrogen and oxygen atoms in total. The van der Waals surface area contributed by atoms with Crippen molar-refractivity contribution in [2.75, 3.05) is 4.90 Å². The highest BCUT2D eigenvalue weighted by atomic mass is 15.2. The van der Waals surface area contributed by atoms with Crippen LogP contribution < -0.4 is 4.90 Å². The van der Waals surface area contributed by atoms with Gasteiger partial charge in [-0.05, 0) is 54.3 Å². The summed E-state index contributed by atoms with van der Waals surface area (Å²) in [5.74, 6) is 0. The summed E-state index contributed by atoms with van der Waals surface area (Å²) in [7, 11) is 0. The molecule has 0 aliphatic heterocycles. The Kier molecular flexibility index (Phi) is 5.76. The minimum atomic E-state index is 0.391. The molecule has 144 valence electrons. The van der Waals surface area contributed by atoms with Gasteiger partial charge in [0, 0.05) is 23.0 Å². The zero-order chi connectivity index (χ0) is 20.1. The van der Waals surface area contributed by atoms with Crippen molar-refractivity contribution in [2.45, 2.75) is 26.3 Å². The van der Waals surface area contributed by atoms with Gasteiger partial charge in [0.05, 0.1) is 0 Å². The quantitative estimate of drug-likeness (QED) is 0.329. The summed E-state index contributed by atoms with van der Waals surface area (Å²) in [5.41, 5.74) is 7.46. The lowest BCUT2D eigenvalue weighted by Gasteiger charge is -2.33. The molecule has 4 rings (SSSR count). The van der Waals surface area contributed by atoms with Gasteiger partial charge < -0.3 is 4.90 Å². The maximum Gasteiger partial charge on any atom is 0.0493 e. The van der Waals surface area contributed by atoms with E-state index in [9.17, 15) is 0 Å². The number of rotatable bonds is 6. The minimum absolute atomic E-state index is 0.391. The maximum atomic E-state index is 2.47. The summed E-state index contributed by atoms with van der Waals surface area (Å²) < 4.78 is 0. The lowest BCUT2D eigenvalue weighted by Crippen LogP contribution is -2.28. The Bertz CT molecular complexity index is 1040. The van der Waals surface area contributed by atoms with E-state index in [1.165, 1.54) is 33.6 Å². The highest BCUT2D eigenvalue weighted by Crippen LogP contribution is 2.39. The molecule has 0 N–H and O–H groups in total. The smallest absolute Gasteiger partial charge is 0.0493 e. The van der Waals surface area contributed by atoms with Crippen molar-refractivity contribution in [3.05, 3.63) is 109 Å². The van der Waals surface area contributed by atoms with Crippen molar-refractivity contribution >= 4 is 11.4 Å². The summed E-state index contributed by atoms with van der Waals surface area (Å²) in [5, 5.41) is 0. The monoisotopic (exact) mass is 377 g/mol. The standard InChI is InChI=1S/C28H27N/c1-3-22(2)29(26-17-11-6-12-18-26)28-20-19-25(23-13-7-4-8-14-23)21-27(28)24-15-9-5-10-16-24/h4-22H,3H2,1-2H3. The lowest BCUT2D eigenvalue weighted by atomic mass is 9.96. The Balaban J connectivity index is 1.92. The predicted molar refractivity (Wildman–Crippen MR) is 126 cm³/mol. The molecule has 4 aromatic carbocycles. The van der Waals surface area contributed by atoms with Crippen LogP contribution in [0.4, 0.5) is 11.4 Å². The molecule has 0 fully saturated rings. The third-order valence-electron chi connectivity index (χ3n) is 5.51. The highest BCUT2D eigenvalue weighted by molar-refractivity contribution is 5.86. The Morgan fingerprint density at radius 3 is 1.76 bits per heavy atom. The zero-order valence-electron chi connectivity index (χ0n) is 17.1.